The van der Waals surface area contributed by atoms with Crippen molar-refractivity contribution >= 4 is 17.8 Å². The highest BCUT2D eigenvalue weighted by atomic mass is 16.5. The Morgan fingerprint density at radius 2 is 1.84 bits per heavy atom. The van der Waals surface area contributed by atoms with E-state index in [2.05, 4.69) is 15.8 Å². The molecule has 2 aromatic carbocycles. The quantitative estimate of drug-likeness (QED) is 0.509. The lowest BCUT2D eigenvalue weighted by atomic mass is 10.2. The fourth-order valence-corrected chi connectivity index (χ4v) is 2.18. The molecule has 0 saturated heterocycles. The van der Waals surface area contributed by atoms with E-state index in [1.54, 1.807) is 24.3 Å². The molecule has 0 radical (unpaired) electrons. The molecule has 0 fully saturated rings. The maximum Gasteiger partial charge on any atom is 0.262 e. The first-order chi connectivity index (χ1) is 12.1. The van der Waals surface area contributed by atoms with Crippen LogP contribution in [0.5, 0.6) is 11.5 Å². The molecule has 0 aliphatic carbocycles. The topological polar surface area (TPSA) is 83.0 Å². The van der Waals surface area contributed by atoms with Gasteiger partial charge >= 0.3 is 0 Å². The Kier molecular flexibility index (Phi) is 6.83. The maximum atomic E-state index is 12.2. The van der Waals surface area contributed by atoms with E-state index in [1.165, 1.54) is 6.21 Å². The fourth-order valence-electron chi connectivity index (χ4n) is 2.18. The normalized spacial score (nSPS) is 11.9. The first-order valence-electron chi connectivity index (χ1n) is 8.23. The molecule has 0 spiro atoms. The number of nitrogens with zero attached hydrogens (tertiary/aromatic N) is 1. The van der Waals surface area contributed by atoms with Crippen LogP contribution in [0.3, 0.4) is 0 Å². The average Bonchev–Trinajstić information content (AvgIpc) is 2.63. The van der Waals surface area contributed by atoms with E-state index in [9.17, 15) is 9.90 Å². The van der Waals surface area contributed by atoms with Gasteiger partial charge < -0.3 is 15.2 Å². The summed E-state index contributed by atoms with van der Waals surface area (Å²) in [5.74, 6) is 0.766. The van der Waals surface area contributed by atoms with Crippen LogP contribution in [0.4, 0.5) is 5.69 Å². The minimum absolute atomic E-state index is 0.187. The molecule has 6 nitrogen and oxygen atoms in total. The Morgan fingerprint density at radius 1 is 1.16 bits per heavy atom. The van der Waals surface area contributed by atoms with Crippen LogP contribution >= 0.6 is 0 Å². The van der Waals surface area contributed by atoms with E-state index < -0.39 is 6.04 Å². The number of benzene rings is 2. The Labute approximate surface area is 147 Å². The van der Waals surface area contributed by atoms with Gasteiger partial charge in [0.25, 0.3) is 5.91 Å². The number of hydrogen-bond acceptors (Lipinski definition) is 5. The van der Waals surface area contributed by atoms with Crippen LogP contribution in [0, 0.1) is 0 Å². The fraction of sp³-hybridized carbons (Fsp3) is 0.263. The van der Waals surface area contributed by atoms with E-state index in [0.717, 1.165) is 17.0 Å². The number of aromatic hydroxyl groups is 1. The largest absolute Gasteiger partial charge is 0.508 e. The molecule has 0 bridgehead atoms. The first-order valence-corrected chi connectivity index (χ1v) is 8.23. The van der Waals surface area contributed by atoms with E-state index in [0.29, 0.717) is 13.0 Å². The van der Waals surface area contributed by atoms with Gasteiger partial charge in [-0.25, -0.2) is 5.43 Å². The van der Waals surface area contributed by atoms with Crippen molar-refractivity contribution in [3.63, 3.8) is 0 Å². The molecule has 0 heterocycles. The second-order valence-electron chi connectivity index (χ2n) is 5.39. The Balaban J connectivity index is 1.90. The highest BCUT2D eigenvalue weighted by molar-refractivity contribution is 5.86. The van der Waals surface area contributed by atoms with Crippen LogP contribution in [-0.2, 0) is 4.79 Å². The van der Waals surface area contributed by atoms with Crippen molar-refractivity contribution in [2.45, 2.75) is 26.3 Å². The van der Waals surface area contributed by atoms with E-state index in [-0.39, 0.29) is 11.7 Å². The van der Waals surface area contributed by atoms with Crippen LogP contribution in [0.2, 0.25) is 0 Å². The van der Waals surface area contributed by atoms with Gasteiger partial charge in [-0.2, -0.15) is 5.10 Å². The molecule has 25 heavy (non-hydrogen) atoms. The summed E-state index contributed by atoms with van der Waals surface area (Å²) in [6, 6.07) is 13.6. The lowest BCUT2D eigenvalue weighted by Gasteiger charge is -2.16. The SMILES string of the molecule is CCOc1ccc(N[C@H](CC)C(=O)N/N=C\c2ccc(O)cc2)cc1. The van der Waals surface area contributed by atoms with E-state index >= 15 is 0 Å². The predicted octanol–water partition coefficient (Wildman–Crippen LogP) is 3.13. The number of hydrogen-bond donors (Lipinski definition) is 3. The van der Waals surface area contributed by atoms with Gasteiger partial charge in [0.15, 0.2) is 0 Å². The second-order valence-corrected chi connectivity index (χ2v) is 5.39. The van der Waals surface area contributed by atoms with E-state index in [1.807, 2.05) is 38.1 Å². The summed E-state index contributed by atoms with van der Waals surface area (Å²) in [6.07, 6.45) is 2.15. The Morgan fingerprint density at radius 3 is 2.44 bits per heavy atom. The molecule has 132 valence electrons. The molecular weight excluding hydrogens is 318 g/mol. The molecule has 0 saturated carbocycles. The van der Waals surface area contributed by atoms with Crippen molar-refractivity contribution in [3.8, 4) is 11.5 Å². The molecule has 1 amide bonds. The van der Waals surface area contributed by atoms with Crippen molar-refractivity contribution in [3.05, 3.63) is 54.1 Å². The number of amides is 1. The predicted molar refractivity (Wildman–Crippen MR) is 99.2 cm³/mol. The molecule has 0 aliphatic rings. The van der Waals surface area contributed by atoms with Gasteiger partial charge in [0, 0.05) is 5.69 Å². The van der Waals surface area contributed by atoms with Gasteiger partial charge in [0.1, 0.15) is 17.5 Å². The van der Waals surface area contributed by atoms with Crippen LogP contribution in [0.1, 0.15) is 25.8 Å². The maximum absolute atomic E-state index is 12.2. The Bertz CT molecular complexity index is 697. The van der Waals surface area contributed by atoms with Gasteiger partial charge in [-0.15, -0.1) is 0 Å². The van der Waals surface area contributed by atoms with Gasteiger partial charge in [-0.3, -0.25) is 4.79 Å². The highest BCUT2D eigenvalue weighted by Gasteiger charge is 2.15. The van der Waals surface area contributed by atoms with Gasteiger partial charge in [-0.1, -0.05) is 6.92 Å². The van der Waals surface area contributed by atoms with Crippen molar-refractivity contribution in [2.75, 3.05) is 11.9 Å². The first kappa shape index (κ1) is 18.3. The zero-order valence-corrected chi connectivity index (χ0v) is 14.4. The number of carbonyl (C=O) groups is 1. The summed E-state index contributed by atoms with van der Waals surface area (Å²) in [5, 5.41) is 16.4. The number of hydrazone groups is 1. The minimum atomic E-state index is -0.394. The molecule has 3 N–H and O–H groups in total. The zero-order valence-electron chi connectivity index (χ0n) is 14.4. The van der Waals surface area contributed by atoms with Gasteiger partial charge in [-0.05, 0) is 67.4 Å². The van der Waals surface area contributed by atoms with Crippen molar-refractivity contribution in [1.82, 2.24) is 5.43 Å². The number of rotatable bonds is 8. The monoisotopic (exact) mass is 341 g/mol. The summed E-state index contributed by atoms with van der Waals surface area (Å²) >= 11 is 0. The smallest absolute Gasteiger partial charge is 0.262 e. The van der Waals surface area contributed by atoms with Gasteiger partial charge in [0.2, 0.25) is 0 Å². The number of carbonyl (C=O) groups excluding carboxylic acids is 1. The second kappa shape index (κ2) is 9.32. The molecule has 1 atom stereocenters. The molecular formula is C19H23N3O3. The number of anilines is 1. The van der Waals surface area contributed by atoms with E-state index in [4.69, 9.17) is 4.74 Å². The lowest BCUT2D eigenvalue weighted by molar-refractivity contribution is -0.121. The van der Waals surface area contributed by atoms with Crippen LogP contribution in [0.25, 0.3) is 0 Å². The lowest BCUT2D eigenvalue weighted by Crippen LogP contribution is -2.36. The molecule has 0 aromatic heterocycles. The van der Waals surface area contributed by atoms with Crippen molar-refractivity contribution < 1.29 is 14.6 Å². The van der Waals surface area contributed by atoms with Crippen LogP contribution in [-0.4, -0.2) is 29.9 Å². The van der Waals surface area contributed by atoms with Crippen molar-refractivity contribution in [2.24, 2.45) is 5.10 Å². The Hall–Kier alpha value is -3.02. The molecule has 0 unspecified atom stereocenters. The van der Waals surface area contributed by atoms with Gasteiger partial charge in [0.05, 0.1) is 12.8 Å². The molecule has 0 aliphatic heterocycles. The highest BCUT2D eigenvalue weighted by Crippen LogP contribution is 2.17. The zero-order chi connectivity index (χ0) is 18.1. The number of nitrogens with one attached hydrogen (secondary N) is 2. The summed E-state index contributed by atoms with van der Waals surface area (Å²) in [7, 11) is 0. The van der Waals surface area contributed by atoms with Crippen LogP contribution < -0.4 is 15.5 Å². The summed E-state index contributed by atoms with van der Waals surface area (Å²) in [5.41, 5.74) is 4.15. The summed E-state index contributed by atoms with van der Waals surface area (Å²) < 4.78 is 5.40. The average molecular weight is 341 g/mol. The summed E-state index contributed by atoms with van der Waals surface area (Å²) in [6.45, 7) is 4.48. The number of phenols is 1. The third kappa shape index (κ3) is 5.84. The number of phenolic OH excluding ortho intramolecular Hbond substituents is 1. The summed E-state index contributed by atoms with van der Waals surface area (Å²) in [4.78, 5) is 12.2. The van der Waals surface area contributed by atoms with Crippen LogP contribution in [0.15, 0.2) is 53.6 Å². The third-order valence-corrected chi connectivity index (χ3v) is 3.51. The molecule has 6 heteroatoms. The number of ether oxygens (including phenoxy) is 1. The standard InChI is InChI=1S/C19H23N3O3/c1-3-18(21-15-7-11-17(12-8-15)25-4-2)19(24)22-20-13-14-5-9-16(23)10-6-14/h5-13,18,21,23H,3-4H2,1-2H3,(H,22,24)/b20-13-/t18-/m1/s1. The minimum Gasteiger partial charge on any atom is -0.508 e. The molecule has 2 rings (SSSR count). The molecule has 2 aromatic rings. The third-order valence-electron chi connectivity index (χ3n) is 3.51. The van der Waals surface area contributed by atoms with Crippen molar-refractivity contribution in [1.29, 1.82) is 0 Å².